The first-order valence-electron chi connectivity index (χ1n) is 15.1. The van der Waals surface area contributed by atoms with E-state index in [9.17, 15) is 15.2 Å². The smallest absolute Gasteiger partial charge is 0.335 e. The van der Waals surface area contributed by atoms with Gasteiger partial charge in [0.2, 0.25) is 0 Å². The lowest BCUT2D eigenvalue weighted by molar-refractivity contribution is -0.0717. The number of hydrogen-bond acceptors (Lipinski definition) is 8. The molecule has 2 aliphatic carbocycles. The molecule has 0 unspecified atom stereocenters. The van der Waals surface area contributed by atoms with E-state index in [0.717, 1.165) is 50.5 Å². The molecule has 3 atom stereocenters. The lowest BCUT2D eigenvalue weighted by Gasteiger charge is -2.54. The number of ether oxygens (including phenoxy) is 2. The number of carboxylic acids is 1. The Morgan fingerprint density at radius 1 is 1.18 bits per heavy atom. The second kappa shape index (κ2) is 10.1. The van der Waals surface area contributed by atoms with Crippen LogP contribution in [-0.4, -0.2) is 55.7 Å². The fraction of sp³-hybridized carbons (Fsp3) is 0.394. The zero-order valence-corrected chi connectivity index (χ0v) is 25.3. The van der Waals surface area contributed by atoms with Crippen LogP contribution in [-0.2, 0) is 18.9 Å². The number of fused-ring (bicyclic) bond motifs is 3. The van der Waals surface area contributed by atoms with E-state index in [-0.39, 0.29) is 23.2 Å². The van der Waals surface area contributed by atoms with Crippen molar-refractivity contribution in [3.8, 4) is 17.6 Å². The molecular formula is C33H30ClFN6O4. The van der Waals surface area contributed by atoms with Crippen LogP contribution in [0, 0.1) is 22.6 Å². The molecular weight excluding hydrogens is 599 g/mol. The van der Waals surface area contributed by atoms with E-state index in [1.165, 1.54) is 6.07 Å². The summed E-state index contributed by atoms with van der Waals surface area (Å²) in [6, 6.07) is 14.9. The van der Waals surface area contributed by atoms with Crippen molar-refractivity contribution in [2.45, 2.75) is 63.6 Å². The van der Waals surface area contributed by atoms with Crippen molar-refractivity contribution < 1.29 is 23.8 Å². The average Bonchev–Trinajstić information content (AvgIpc) is 3.57. The van der Waals surface area contributed by atoms with Crippen molar-refractivity contribution in [2.75, 3.05) is 18.0 Å². The van der Waals surface area contributed by atoms with Crippen LogP contribution in [0.5, 0.6) is 11.5 Å². The molecule has 1 saturated heterocycles. The number of carboxylic acid groups (broad SMARTS) is 1. The van der Waals surface area contributed by atoms with E-state index in [2.05, 4.69) is 26.9 Å². The van der Waals surface area contributed by atoms with Crippen molar-refractivity contribution in [3.63, 3.8) is 0 Å². The molecule has 0 spiro atoms. The first-order chi connectivity index (χ1) is 21.7. The number of aromatic carboxylic acids is 1. The minimum absolute atomic E-state index is 0.133. The van der Waals surface area contributed by atoms with E-state index in [4.69, 9.17) is 26.1 Å². The Labute approximate surface area is 263 Å². The molecule has 0 amide bonds. The minimum Gasteiger partial charge on any atom is -0.478 e. The number of nitrogens with zero attached hydrogens (tertiary/aromatic N) is 6. The average molecular weight is 629 g/mol. The summed E-state index contributed by atoms with van der Waals surface area (Å²) >= 11 is 6.06. The molecule has 10 nitrogen and oxygen atoms in total. The Morgan fingerprint density at radius 2 is 2.00 bits per heavy atom. The second-order valence-corrected chi connectivity index (χ2v) is 13.1. The minimum atomic E-state index is -1.20. The molecule has 2 aromatic heterocycles. The van der Waals surface area contributed by atoms with Gasteiger partial charge in [-0.05, 0) is 62.1 Å². The fourth-order valence-electron chi connectivity index (χ4n) is 7.00. The summed E-state index contributed by atoms with van der Waals surface area (Å²) in [4.78, 5) is 25.6. The monoisotopic (exact) mass is 628 g/mol. The summed E-state index contributed by atoms with van der Waals surface area (Å²) < 4.78 is 29.8. The third kappa shape index (κ3) is 4.58. The SMILES string of the molecule is C[C@@]1(c2ccc(Cl)cn2)Oc2cccc(N3CCN(Cc4nc5c(F)cc(C(=O)O)cc5n4CC4(C#N)CC4)[C@@H]4CC[C@H]43)c2O1. The van der Waals surface area contributed by atoms with Gasteiger partial charge < -0.3 is 24.0 Å². The van der Waals surface area contributed by atoms with Gasteiger partial charge in [-0.2, -0.15) is 5.26 Å². The van der Waals surface area contributed by atoms with E-state index in [0.29, 0.717) is 46.6 Å². The lowest BCUT2D eigenvalue weighted by atomic mass is 9.81. The van der Waals surface area contributed by atoms with Gasteiger partial charge in [-0.25, -0.2) is 14.2 Å². The third-order valence-electron chi connectivity index (χ3n) is 9.79. The van der Waals surface area contributed by atoms with Gasteiger partial charge in [0.05, 0.1) is 39.8 Å². The fourth-order valence-corrected chi connectivity index (χ4v) is 7.11. The highest BCUT2D eigenvalue weighted by Crippen LogP contribution is 2.51. The number of aromatic nitrogens is 3. The number of rotatable bonds is 7. The largest absolute Gasteiger partial charge is 0.478 e. The summed E-state index contributed by atoms with van der Waals surface area (Å²) in [5.41, 5.74) is 1.50. The van der Waals surface area contributed by atoms with Gasteiger partial charge in [-0.3, -0.25) is 9.88 Å². The number of anilines is 1. The number of halogens is 2. The Hall–Kier alpha value is -4.40. The van der Waals surface area contributed by atoms with E-state index in [1.807, 2.05) is 23.6 Å². The number of hydrogen-bond donors (Lipinski definition) is 1. The maximum absolute atomic E-state index is 15.1. The van der Waals surface area contributed by atoms with Crippen molar-refractivity contribution in [3.05, 3.63) is 76.6 Å². The maximum Gasteiger partial charge on any atom is 0.335 e. The Balaban J connectivity index is 1.07. The van der Waals surface area contributed by atoms with E-state index in [1.54, 1.807) is 18.3 Å². The first kappa shape index (κ1) is 28.1. The molecule has 8 rings (SSSR count). The second-order valence-electron chi connectivity index (χ2n) is 12.6. The molecule has 1 N–H and O–H groups in total. The Morgan fingerprint density at radius 3 is 2.69 bits per heavy atom. The van der Waals surface area contributed by atoms with Crippen LogP contribution in [0.25, 0.3) is 11.0 Å². The molecule has 12 heteroatoms. The molecule has 2 saturated carbocycles. The van der Waals surface area contributed by atoms with Crippen molar-refractivity contribution in [1.29, 1.82) is 5.26 Å². The number of imidazole rings is 1. The molecule has 4 heterocycles. The molecule has 0 radical (unpaired) electrons. The lowest BCUT2D eigenvalue weighted by Crippen LogP contribution is -2.64. The summed E-state index contributed by atoms with van der Waals surface area (Å²) in [5, 5.41) is 20.0. The molecule has 230 valence electrons. The van der Waals surface area contributed by atoms with Gasteiger partial charge in [0.15, 0.2) is 17.3 Å². The van der Waals surface area contributed by atoms with Crippen LogP contribution < -0.4 is 14.4 Å². The van der Waals surface area contributed by atoms with Crippen molar-refractivity contribution in [2.24, 2.45) is 5.41 Å². The van der Waals surface area contributed by atoms with E-state index < -0.39 is 23.0 Å². The summed E-state index contributed by atoms with van der Waals surface area (Å²) in [5.74, 6) is -0.955. The predicted octanol–water partition coefficient (Wildman–Crippen LogP) is 5.72. The van der Waals surface area contributed by atoms with Gasteiger partial charge in [0.1, 0.15) is 17.0 Å². The maximum atomic E-state index is 15.1. The van der Waals surface area contributed by atoms with Crippen LogP contribution in [0.1, 0.15) is 54.5 Å². The molecule has 4 aromatic rings. The normalized spacial score (nSPS) is 24.6. The van der Waals surface area contributed by atoms with Crippen molar-refractivity contribution in [1.82, 2.24) is 19.4 Å². The number of pyridine rings is 1. The number of para-hydroxylation sites is 1. The number of piperazine rings is 1. The molecule has 4 aliphatic rings. The highest BCUT2D eigenvalue weighted by molar-refractivity contribution is 6.30. The summed E-state index contributed by atoms with van der Waals surface area (Å²) in [6.07, 6.45) is 5.10. The van der Waals surface area contributed by atoms with Crippen LogP contribution >= 0.6 is 11.6 Å². The molecule has 2 aromatic carbocycles. The Kier molecular flexibility index (Phi) is 6.28. The Bertz CT molecular complexity index is 1900. The highest BCUT2D eigenvalue weighted by atomic mass is 35.5. The van der Waals surface area contributed by atoms with Gasteiger partial charge in [-0.1, -0.05) is 17.7 Å². The topological polar surface area (TPSA) is 117 Å². The quantitative estimate of drug-likeness (QED) is 0.274. The summed E-state index contributed by atoms with van der Waals surface area (Å²) in [6.45, 7) is 4.15. The first-order valence-corrected chi connectivity index (χ1v) is 15.5. The number of carbonyl (C=O) groups is 1. The number of benzene rings is 2. The molecule has 0 bridgehead atoms. The van der Waals surface area contributed by atoms with Gasteiger partial charge in [-0.15, -0.1) is 0 Å². The zero-order chi connectivity index (χ0) is 31.1. The highest BCUT2D eigenvalue weighted by Gasteiger charge is 2.48. The predicted molar refractivity (Wildman–Crippen MR) is 163 cm³/mol. The number of nitriles is 1. The van der Waals surface area contributed by atoms with Crippen LogP contribution in [0.15, 0.2) is 48.7 Å². The molecule has 2 aliphatic heterocycles. The van der Waals surface area contributed by atoms with Crippen molar-refractivity contribution >= 4 is 34.3 Å². The molecule has 45 heavy (non-hydrogen) atoms. The zero-order valence-electron chi connectivity index (χ0n) is 24.5. The molecule has 3 fully saturated rings. The summed E-state index contributed by atoms with van der Waals surface area (Å²) in [7, 11) is 0. The van der Waals surface area contributed by atoms with E-state index >= 15 is 4.39 Å². The third-order valence-corrected chi connectivity index (χ3v) is 10.0. The van der Waals surface area contributed by atoms with Gasteiger partial charge in [0, 0.05) is 44.8 Å². The van der Waals surface area contributed by atoms with Gasteiger partial charge in [0.25, 0.3) is 5.79 Å². The van der Waals surface area contributed by atoms with Crippen LogP contribution in [0.3, 0.4) is 0 Å². The van der Waals surface area contributed by atoms with Gasteiger partial charge >= 0.3 is 5.97 Å². The van der Waals surface area contributed by atoms with Crippen LogP contribution in [0.4, 0.5) is 10.1 Å². The van der Waals surface area contributed by atoms with Crippen LogP contribution in [0.2, 0.25) is 5.02 Å². The standard InChI is InChI=1S/C33H30ClFN6O4/c1-32(27-8-5-20(34)15-37-27)44-26-4-2-3-24(30(26)45-32)40-12-11-39(22-6-7-23(22)40)16-28-38-29-21(35)13-19(31(42)43)14-25(29)41(28)18-33(17-36)9-10-33/h2-5,8,13-15,22-23H,6-7,9-12,16,18H2,1H3,(H,42,43)/t22-,23-,32-/m1/s1.